The van der Waals surface area contributed by atoms with E-state index in [4.69, 9.17) is 15.3 Å². The molecule has 0 radical (unpaired) electrons. The van der Waals surface area contributed by atoms with Gasteiger partial charge in [0.1, 0.15) is 0 Å². The van der Waals surface area contributed by atoms with Gasteiger partial charge >= 0.3 is 17.9 Å². The highest BCUT2D eigenvalue weighted by Gasteiger charge is 1.98. The summed E-state index contributed by atoms with van der Waals surface area (Å²) in [5.74, 6) is -2.49. The van der Waals surface area contributed by atoms with Gasteiger partial charge in [-0.25, -0.2) is 0 Å². The zero-order valence-electron chi connectivity index (χ0n) is 10.3. The Morgan fingerprint density at radius 1 is 0.667 bits per heavy atom. The van der Waals surface area contributed by atoms with Gasteiger partial charge in [-0.05, 0) is 12.8 Å². The first-order valence-corrected chi connectivity index (χ1v) is 5.75. The van der Waals surface area contributed by atoms with Gasteiger partial charge in [0, 0.05) is 12.8 Å². The smallest absolute Gasteiger partial charge is 0.317 e. The highest BCUT2D eigenvalue weighted by molar-refractivity contribution is 5.68. The lowest BCUT2D eigenvalue weighted by Gasteiger charge is -1.97. The van der Waals surface area contributed by atoms with Crippen molar-refractivity contribution in [1.29, 1.82) is 0 Å². The van der Waals surface area contributed by atoms with Crippen molar-refractivity contribution >= 4 is 17.9 Å². The molecule has 0 spiro atoms. The number of nitrogens with two attached hydrogens (primary N) is 1. The van der Waals surface area contributed by atoms with E-state index in [1.807, 2.05) is 0 Å². The lowest BCUT2D eigenvalue weighted by Crippen LogP contribution is -2.10. The molecule has 0 saturated carbocycles. The van der Waals surface area contributed by atoms with Crippen molar-refractivity contribution in [1.82, 2.24) is 0 Å². The molecule has 0 aliphatic rings. The van der Waals surface area contributed by atoms with Crippen molar-refractivity contribution in [2.45, 2.75) is 44.9 Å². The summed E-state index contributed by atoms with van der Waals surface area (Å²) in [4.78, 5) is 29.4. The molecule has 7 nitrogen and oxygen atoms in total. The highest BCUT2D eigenvalue weighted by Crippen LogP contribution is 2.06. The van der Waals surface area contributed by atoms with Crippen LogP contribution in [0.5, 0.6) is 0 Å². The molecule has 0 amide bonds. The van der Waals surface area contributed by atoms with Gasteiger partial charge < -0.3 is 21.1 Å². The quantitative estimate of drug-likeness (QED) is 0.453. The topological polar surface area (TPSA) is 138 Å². The normalized spacial score (nSPS) is 9.17. The molecule has 7 heteroatoms. The summed E-state index contributed by atoms with van der Waals surface area (Å²) in [6, 6.07) is 0. The zero-order valence-corrected chi connectivity index (χ0v) is 10.3. The van der Waals surface area contributed by atoms with Crippen LogP contribution in [0, 0.1) is 0 Å². The van der Waals surface area contributed by atoms with Crippen LogP contribution in [-0.2, 0) is 14.4 Å². The van der Waals surface area contributed by atoms with Crippen molar-refractivity contribution < 1.29 is 29.7 Å². The third-order valence-electron chi connectivity index (χ3n) is 1.96. The van der Waals surface area contributed by atoms with Crippen molar-refractivity contribution in [2.75, 3.05) is 6.54 Å². The predicted molar refractivity (Wildman–Crippen MR) is 64.3 cm³/mol. The number of carboxylic acid groups (broad SMARTS) is 3. The van der Waals surface area contributed by atoms with Crippen LogP contribution in [0.15, 0.2) is 0 Å². The van der Waals surface area contributed by atoms with Gasteiger partial charge in [0.15, 0.2) is 0 Å². The minimum atomic E-state index is -0.968. The Balaban J connectivity index is 0. The number of aliphatic carboxylic acids is 3. The van der Waals surface area contributed by atoms with Gasteiger partial charge in [0.2, 0.25) is 0 Å². The van der Waals surface area contributed by atoms with Crippen molar-refractivity contribution in [2.24, 2.45) is 5.73 Å². The molecular formula is C11H21NO6. The van der Waals surface area contributed by atoms with Gasteiger partial charge in [-0.15, -0.1) is 0 Å². The first-order chi connectivity index (χ1) is 8.40. The van der Waals surface area contributed by atoms with Crippen LogP contribution in [0.1, 0.15) is 44.9 Å². The minimum Gasteiger partial charge on any atom is -0.481 e. The van der Waals surface area contributed by atoms with Gasteiger partial charge in [0.25, 0.3) is 0 Å². The van der Waals surface area contributed by atoms with E-state index in [0.717, 1.165) is 19.3 Å². The molecule has 0 unspecified atom stereocenters. The van der Waals surface area contributed by atoms with Crippen LogP contribution < -0.4 is 5.73 Å². The summed E-state index contributed by atoms with van der Waals surface area (Å²) in [6.45, 7) is -0.278. The molecule has 0 aromatic rings. The monoisotopic (exact) mass is 263 g/mol. The molecule has 0 bridgehead atoms. The molecule has 0 heterocycles. The van der Waals surface area contributed by atoms with E-state index >= 15 is 0 Å². The van der Waals surface area contributed by atoms with E-state index in [1.54, 1.807) is 0 Å². The fourth-order valence-electron chi connectivity index (χ4n) is 1.08. The molecule has 0 fully saturated rings. The maximum absolute atomic E-state index is 10.1. The summed E-state index contributed by atoms with van der Waals surface area (Å²) < 4.78 is 0. The SMILES string of the molecule is NCC(=O)O.O=C(O)CCCCCCCC(=O)O. The fraction of sp³-hybridized carbons (Fsp3) is 0.727. The van der Waals surface area contributed by atoms with E-state index < -0.39 is 17.9 Å². The number of carbonyl (C=O) groups is 3. The molecular weight excluding hydrogens is 242 g/mol. The molecule has 106 valence electrons. The van der Waals surface area contributed by atoms with E-state index in [0.29, 0.717) is 12.8 Å². The molecule has 5 N–H and O–H groups in total. The molecule has 18 heavy (non-hydrogen) atoms. The van der Waals surface area contributed by atoms with Crippen LogP contribution in [0.25, 0.3) is 0 Å². The van der Waals surface area contributed by atoms with Crippen LogP contribution in [0.3, 0.4) is 0 Å². The van der Waals surface area contributed by atoms with Crippen LogP contribution in [0.2, 0.25) is 0 Å². The maximum Gasteiger partial charge on any atom is 0.317 e. The average Bonchev–Trinajstić information content (AvgIpc) is 2.27. The average molecular weight is 263 g/mol. The summed E-state index contributed by atoms with van der Waals surface area (Å²) >= 11 is 0. The van der Waals surface area contributed by atoms with Gasteiger partial charge in [-0.1, -0.05) is 19.3 Å². The molecule has 0 saturated heterocycles. The number of hydrogen-bond acceptors (Lipinski definition) is 4. The minimum absolute atomic E-state index is 0.221. The highest BCUT2D eigenvalue weighted by atomic mass is 16.4. The molecule has 0 aromatic heterocycles. The zero-order chi connectivity index (χ0) is 14.4. The lowest BCUT2D eigenvalue weighted by molar-refractivity contribution is -0.138. The first kappa shape index (κ1) is 18.7. The van der Waals surface area contributed by atoms with E-state index in [-0.39, 0.29) is 19.4 Å². The van der Waals surface area contributed by atoms with Crippen LogP contribution in [0.4, 0.5) is 0 Å². The summed E-state index contributed by atoms with van der Waals surface area (Å²) in [5, 5.41) is 24.2. The maximum atomic E-state index is 10.1. The molecule has 0 aliphatic heterocycles. The number of hydrogen-bond donors (Lipinski definition) is 4. The standard InChI is InChI=1S/C9H16O4.C2H5NO2/c10-8(11)6-4-2-1-3-5-7-9(12)13;3-1-2(4)5/h1-7H2,(H,10,11)(H,12,13);1,3H2,(H,4,5). The summed E-state index contributed by atoms with van der Waals surface area (Å²) in [7, 11) is 0. The van der Waals surface area contributed by atoms with Crippen molar-refractivity contribution in [3.05, 3.63) is 0 Å². The second-order valence-electron chi connectivity index (χ2n) is 3.65. The molecule has 0 rings (SSSR count). The van der Waals surface area contributed by atoms with Crippen molar-refractivity contribution in [3.8, 4) is 0 Å². The summed E-state index contributed by atoms with van der Waals surface area (Å²) in [5.41, 5.74) is 4.57. The van der Waals surface area contributed by atoms with Crippen LogP contribution in [-0.4, -0.2) is 39.8 Å². The second-order valence-corrected chi connectivity index (χ2v) is 3.65. The fourth-order valence-corrected chi connectivity index (χ4v) is 1.08. The third kappa shape index (κ3) is 23.9. The Morgan fingerprint density at radius 3 is 1.17 bits per heavy atom. The van der Waals surface area contributed by atoms with Gasteiger partial charge in [-0.2, -0.15) is 0 Å². The van der Waals surface area contributed by atoms with Gasteiger partial charge in [-0.3, -0.25) is 14.4 Å². The Kier molecular flexibility index (Phi) is 14.0. The molecule has 0 aliphatic carbocycles. The lowest BCUT2D eigenvalue weighted by atomic mass is 10.1. The van der Waals surface area contributed by atoms with Crippen LogP contribution >= 0.6 is 0 Å². The van der Waals surface area contributed by atoms with Crippen molar-refractivity contribution in [3.63, 3.8) is 0 Å². The Labute approximate surface area is 106 Å². The Morgan fingerprint density at radius 2 is 0.944 bits per heavy atom. The Hall–Kier alpha value is -1.63. The van der Waals surface area contributed by atoms with E-state index in [9.17, 15) is 14.4 Å². The van der Waals surface area contributed by atoms with E-state index in [1.165, 1.54) is 0 Å². The van der Waals surface area contributed by atoms with E-state index in [2.05, 4.69) is 5.73 Å². The molecule has 0 aromatic carbocycles. The predicted octanol–water partition coefficient (Wildman–Crippen LogP) is 0.916. The number of carboxylic acids is 3. The molecule has 0 atom stereocenters. The Bertz CT molecular complexity index is 236. The number of rotatable bonds is 9. The third-order valence-corrected chi connectivity index (χ3v) is 1.96. The number of unbranched alkanes of at least 4 members (excludes halogenated alkanes) is 4. The van der Waals surface area contributed by atoms with Gasteiger partial charge in [0.05, 0.1) is 6.54 Å². The second kappa shape index (κ2) is 13.4. The summed E-state index contributed by atoms with van der Waals surface area (Å²) in [6.07, 6.45) is 4.53. The largest absolute Gasteiger partial charge is 0.481 e. The first-order valence-electron chi connectivity index (χ1n) is 5.75.